The second kappa shape index (κ2) is 7.66. The number of ether oxygens (including phenoxy) is 1. The number of amides is 1. The molecule has 5 nitrogen and oxygen atoms in total. The van der Waals surface area contributed by atoms with E-state index in [1.165, 1.54) is 0 Å². The number of hydrogen-bond acceptors (Lipinski definition) is 4. The second-order valence-electron chi connectivity index (χ2n) is 5.00. The number of rotatable bonds is 6. The first kappa shape index (κ1) is 16.1. The Morgan fingerprint density at radius 2 is 2.05 bits per heavy atom. The minimum absolute atomic E-state index is 0.115. The molecule has 0 unspecified atom stereocenters. The van der Waals surface area contributed by atoms with Crippen LogP contribution in [-0.2, 0) is 4.79 Å². The van der Waals surface area contributed by atoms with Gasteiger partial charge in [0.1, 0.15) is 11.6 Å². The van der Waals surface area contributed by atoms with E-state index in [9.17, 15) is 4.79 Å². The lowest BCUT2D eigenvalue weighted by Gasteiger charge is -2.10. The number of pyridine rings is 1. The molecular formula is C16H18ClN3O2. The Labute approximate surface area is 134 Å². The molecular weight excluding hydrogens is 302 g/mol. The summed E-state index contributed by atoms with van der Waals surface area (Å²) in [7, 11) is 0. The highest BCUT2D eigenvalue weighted by molar-refractivity contribution is 6.32. The van der Waals surface area contributed by atoms with Crippen molar-refractivity contribution >= 4 is 29.0 Å². The molecule has 2 N–H and O–H groups in total. The van der Waals surface area contributed by atoms with Crippen LogP contribution < -0.4 is 15.4 Å². The molecule has 0 radical (unpaired) electrons. The molecule has 0 aliphatic carbocycles. The topological polar surface area (TPSA) is 63.2 Å². The number of para-hydroxylation sites is 1. The predicted octanol–water partition coefficient (Wildman–Crippen LogP) is 3.57. The van der Waals surface area contributed by atoms with Crippen LogP contribution >= 0.6 is 11.6 Å². The van der Waals surface area contributed by atoms with Crippen LogP contribution in [0.5, 0.6) is 5.75 Å². The minimum atomic E-state index is -0.272. The van der Waals surface area contributed by atoms with Crippen molar-refractivity contribution in [3.05, 3.63) is 47.6 Å². The first-order valence-corrected chi connectivity index (χ1v) is 7.32. The average molecular weight is 320 g/mol. The number of hydrogen-bond donors (Lipinski definition) is 2. The third-order valence-electron chi connectivity index (χ3n) is 2.68. The zero-order chi connectivity index (χ0) is 15.9. The van der Waals surface area contributed by atoms with E-state index in [4.69, 9.17) is 16.3 Å². The van der Waals surface area contributed by atoms with Gasteiger partial charge < -0.3 is 15.4 Å². The van der Waals surface area contributed by atoms with Crippen LogP contribution in [0.25, 0.3) is 0 Å². The molecule has 0 saturated carbocycles. The predicted molar refractivity (Wildman–Crippen MR) is 88.6 cm³/mol. The Balaban J connectivity index is 1.85. The summed E-state index contributed by atoms with van der Waals surface area (Å²) in [6.07, 6.45) is 1.60. The molecule has 6 heteroatoms. The molecule has 0 fully saturated rings. The number of nitrogens with one attached hydrogen (secondary N) is 2. The van der Waals surface area contributed by atoms with Gasteiger partial charge >= 0.3 is 0 Å². The molecule has 0 atom stereocenters. The van der Waals surface area contributed by atoms with Gasteiger partial charge in [-0.15, -0.1) is 0 Å². The molecule has 2 rings (SSSR count). The van der Waals surface area contributed by atoms with E-state index in [1.54, 1.807) is 36.5 Å². The number of carbonyl (C=O) groups excluding carboxylic acids is 1. The summed E-state index contributed by atoms with van der Waals surface area (Å²) < 4.78 is 5.37. The van der Waals surface area contributed by atoms with E-state index in [0.29, 0.717) is 22.5 Å². The Kier molecular flexibility index (Phi) is 5.61. The Morgan fingerprint density at radius 3 is 2.68 bits per heavy atom. The molecule has 0 bridgehead atoms. The molecule has 116 valence electrons. The highest BCUT2D eigenvalue weighted by Crippen LogP contribution is 2.22. The summed E-state index contributed by atoms with van der Waals surface area (Å²) in [4.78, 5) is 16.1. The molecule has 2 aromatic rings. The third kappa shape index (κ3) is 4.93. The smallest absolute Gasteiger partial charge is 0.262 e. The first-order valence-electron chi connectivity index (χ1n) is 6.94. The normalized spacial score (nSPS) is 10.4. The van der Waals surface area contributed by atoms with Crippen molar-refractivity contribution in [2.75, 3.05) is 17.2 Å². The highest BCUT2D eigenvalue weighted by Gasteiger charge is 2.06. The lowest BCUT2D eigenvalue weighted by molar-refractivity contribution is -0.118. The van der Waals surface area contributed by atoms with Crippen molar-refractivity contribution in [3.63, 3.8) is 0 Å². The van der Waals surface area contributed by atoms with E-state index < -0.39 is 0 Å². The second-order valence-corrected chi connectivity index (χ2v) is 5.41. The van der Waals surface area contributed by atoms with E-state index in [1.807, 2.05) is 19.9 Å². The summed E-state index contributed by atoms with van der Waals surface area (Å²) in [5, 5.41) is 6.36. The lowest BCUT2D eigenvalue weighted by Crippen LogP contribution is -2.20. The molecule has 1 heterocycles. The summed E-state index contributed by atoms with van der Waals surface area (Å²) in [5.41, 5.74) is 0.613. The van der Waals surface area contributed by atoms with Crippen LogP contribution in [0.15, 0.2) is 42.6 Å². The monoisotopic (exact) mass is 319 g/mol. The Bertz CT molecular complexity index is 630. The van der Waals surface area contributed by atoms with Crippen molar-refractivity contribution in [3.8, 4) is 5.75 Å². The number of aromatic nitrogens is 1. The molecule has 1 aromatic heterocycles. The van der Waals surface area contributed by atoms with E-state index in [2.05, 4.69) is 15.6 Å². The van der Waals surface area contributed by atoms with Crippen LogP contribution in [0.4, 0.5) is 11.5 Å². The lowest BCUT2D eigenvalue weighted by atomic mass is 10.3. The van der Waals surface area contributed by atoms with Crippen LogP contribution in [0.1, 0.15) is 13.8 Å². The first-order chi connectivity index (χ1) is 10.5. The van der Waals surface area contributed by atoms with Gasteiger partial charge in [-0.3, -0.25) is 4.79 Å². The Hall–Kier alpha value is -2.27. The quantitative estimate of drug-likeness (QED) is 0.854. The summed E-state index contributed by atoms with van der Waals surface area (Å²) in [6, 6.07) is 10.9. The van der Waals surface area contributed by atoms with Crippen LogP contribution in [0.2, 0.25) is 5.02 Å². The molecule has 0 saturated heterocycles. The van der Waals surface area contributed by atoms with Crippen molar-refractivity contribution in [1.29, 1.82) is 0 Å². The van der Waals surface area contributed by atoms with Gasteiger partial charge in [0, 0.05) is 6.04 Å². The molecule has 0 aliphatic rings. The maximum Gasteiger partial charge on any atom is 0.262 e. The van der Waals surface area contributed by atoms with Gasteiger partial charge in [-0.1, -0.05) is 23.7 Å². The molecule has 0 spiro atoms. The average Bonchev–Trinajstić information content (AvgIpc) is 2.48. The number of nitrogens with zero attached hydrogens (tertiary/aromatic N) is 1. The Morgan fingerprint density at radius 1 is 1.27 bits per heavy atom. The van der Waals surface area contributed by atoms with Crippen molar-refractivity contribution < 1.29 is 9.53 Å². The van der Waals surface area contributed by atoms with E-state index in [0.717, 1.165) is 5.82 Å². The van der Waals surface area contributed by atoms with Crippen LogP contribution in [0.3, 0.4) is 0 Å². The maximum atomic E-state index is 11.8. The summed E-state index contributed by atoms with van der Waals surface area (Å²) in [6.45, 7) is 3.95. The largest absolute Gasteiger partial charge is 0.482 e. The van der Waals surface area contributed by atoms with Crippen molar-refractivity contribution in [1.82, 2.24) is 4.98 Å². The van der Waals surface area contributed by atoms with Crippen molar-refractivity contribution in [2.24, 2.45) is 0 Å². The van der Waals surface area contributed by atoms with Gasteiger partial charge in [0.15, 0.2) is 6.61 Å². The molecule has 1 aromatic carbocycles. The standard InChI is InChI=1S/C16H18ClN3O2/c1-11(2)19-15-8-7-12(9-18-15)20-16(21)10-22-14-6-4-3-5-13(14)17/h3-9,11H,10H2,1-2H3,(H,18,19)(H,20,21). The number of benzene rings is 1. The number of halogens is 1. The number of anilines is 2. The zero-order valence-electron chi connectivity index (χ0n) is 12.5. The van der Waals surface area contributed by atoms with Gasteiger partial charge in [0.2, 0.25) is 0 Å². The fourth-order valence-corrected chi connectivity index (χ4v) is 1.94. The molecule has 0 aliphatic heterocycles. The third-order valence-corrected chi connectivity index (χ3v) is 2.99. The fraction of sp³-hybridized carbons (Fsp3) is 0.250. The minimum Gasteiger partial charge on any atom is -0.482 e. The van der Waals surface area contributed by atoms with Crippen molar-refractivity contribution in [2.45, 2.75) is 19.9 Å². The number of carbonyl (C=O) groups is 1. The highest BCUT2D eigenvalue weighted by atomic mass is 35.5. The van der Waals surface area contributed by atoms with E-state index in [-0.39, 0.29) is 12.5 Å². The van der Waals surface area contributed by atoms with E-state index >= 15 is 0 Å². The van der Waals surface area contributed by atoms with Crippen LogP contribution in [-0.4, -0.2) is 23.5 Å². The van der Waals surface area contributed by atoms with Gasteiger partial charge in [-0.05, 0) is 38.1 Å². The maximum absolute atomic E-state index is 11.8. The summed E-state index contributed by atoms with van der Waals surface area (Å²) >= 11 is 5.95. The van der Waals surface area contributed by atoms with Gasteiger partial charge in [-0.2, -0.15) is 0 Å². The zero-order valence-corrected chi connectivity index (χ0v) is 13.2. The van der Waals surface area contributed by atoms with Crippen LogP contribution in [0, 0.1) is 0 Å². The summed E-state index contributed by atoms with van der Waals surface area (Å²) in [5.74, 6) is 0.973. The molecule has 22 heavy (non-hydrogen) atoms. The SMILES string of the molecule is CC(C)Nc1ccc(NC(=O)COc2ccccc2Cl)cn1. The van der Waals surface area contributed by atoms with Gasteiger partial charge in [0.05, 0.1) is 16.9 Å². The molecule has 1 amide bonds. The van der Waals surface area contributed by atoms with Gasteiger partial charge in [-0.25, -0.2) is 4.98 Å². The fourth-order valence-electron chi connectivity index (χ4n) is 1.75. The van der Waals surface area contributed by atoms with Gasteiger partial charge in [0.25, 0.3) is 5.91 Å².